The molecule has 0 aliphatic rings. The summed E-state index contributed by atoms with van der Waals surface area (Å²) in [6.07, 6.45) is -0.886. The summed E-state index contributed by atoms with van der Waals surface area (Å²) in [6, 6.07) is 22.2. The van der Waals surface area contributed by atoms with Crippen molar-refractivity contribution in [1.82, 2.24) is 5.32 Å². The van der Waals surface area contributed by atoms with Crippen LogP contribution >= 0.6 is 0 Å². The Labute approximate surface area is 210 Å². The summed E-state index contributed by atoms with van der Waals surface area (Å²) in [6.45, 7) is 0.931. The summed E-state index contributed by atoms with van der Waals surface area (Å²) in [5.74, 6) is -0.872. The summed E-state index contributed by atoms with van der Waals surface area (Å²) in [7, 11) is 1.15. The number of ether oxygens (including phenoxy) is 2. The normalized spacial score (nSPS) is 11.7. The molecular formula is C25H24N4O6S. The molecule has 3 aromatic rings. The van der Waals surface area contributed by atoms with Gasteiger partial charge < -0.3 is 24.7 Å². The number of carbonyl (C=O) groups excluding carboxylic acids is 3. The number of carbonyl (C=O) groups is 3. The van der Waals surface area contributed by atoms with Gasteiger partial charge in [-0.25, -0.2) is 4.79 Å². The van der Waals surface area contributed by atoms with Crippen LogP contribution in [0.1, 0.15) is 6.92 Å². The van der Waals surface area contributed by atoms with Crippen molar-refractivity contribution in [2.75, 3.05) is 24.4 Å². The monoisotopic (exact) mass is 508 g/mol. The molecule has 186 valence electrons. The lowest BCUT2D eigenvalue weighted by atomic mass is 10.2. The molecule has 3 rings (SSSR count). The van der Waals surface area contributed by atoms with Gasteiger partial charge in [0.05, 0.1) is 18.5 Å². The lowest BCUT2D eigenvalue weighted by molar-refractivity contribution is -0.119. The van der Waals surface area contributed by atoms with Gasteiger partial charge in [0.15, 0.2) is 16.4 Å². The van der Waals surface area contributed by atoms with Crippen molar-refractivity contribution in [1.29, 1.82) is 0 Å². The van der Waals surface area contributed by atoms with Crippen molar-refractivity contribution in [3.63, 3.8) is 0 Å². The van der Waals surface area contributed by atoms with Gasteiger partial charge in [-0.05, 0) is 36.4 Å². The largest absolute Gasteiger partial charge is 0.606 e. The van der Waals surface area contributed by atoms with E-state index in [2.05, 4.69) is 25.7 Å². The number of guanidine groups is 1. The number of para-hydroxylation sites is 1. The van der Waals surface area contributed by atoms with Crippen LogP contribution in [0.15, 0.2) is 93.6 Å². The number of rotatable bonds is 7. The number of anilines is 2. The standard InChI is InChI=1S/C25H24N4O6S/c1-17(30)26-21-14-13-20(36(33)19-11-7-4-8-12-19)15-22(21)27-24(29-25(32)34-2)28-23(31)16-35-18-9-5-3-6-10-18/h3-15H,16H2,1-2H3,(H,26,30)(H2,27,28,29,31,32). The van der Waals surface area contributed by atoms with E-state index < -0.39 is 29.8 Å². The van der Waals surface area contributed by atoms with E-state index in [-0.39, 0.29) is 17.6 Å². The third kappa shape index (κ3) is 7.86. The number of methoxy groups -OCH3 is 1. The SMILES string of the molecule is COC(=O)N/C(=N\C(=O)COc1ccccc1)Nc1cc([S+]([O-])c2ccccc2)ccc1NC(C)=O. The minimum absolute atomic E-state index is 0.235. The van der Waals surface area contributed by atoms with Crippen LogP contribution < -0.4 is 20.7 Å². The van der Waals surface area contributed by atoms with Gasteiger partial charge in [0.2, 0.25) is 11.9 Å². The predicted molar refractivity (Wildman–Crippen MR) is 135 cm³/mol. The predicted octanol–water partition coefficient (Wildman–Crippen LogP) is 3.54. The van der Waals surface area contributed by atoms with Crippen LogP contribution in [0.25, 0.3) is 0 Å². The van der Waals surface area contributed by atoms with E-state index in [0.29, 0.717) is 21.2 Å². The highest BCUT2D eigenvalue weighted by Crippen LogP contribution is 2.29. The first-order chi connectivity index (χ1) is 17.4. The van der Waals surface area contributed by atoms with Gasteiger partial charge in [-0.3, -0.25) is 14.9 Å². The Hall–Kier alpha value is -4.35. The van der Waals surface area contributed by atoms with Crippen LogP contribution in [0, 0.1) is 0 Å². The summed E-state index contributed by atoms with van der Waals surface area (Å²) < 4.78 is 23.1. The van der Waals surface area contributed by atoms with Crippen LogP contribution in [-0.4, -0.2) is 42.1 Å². The van der Waals surface area contributed by atoms with E-state index in [1.807, 2.05) is 6.07 Å². The number of hydrogen-bond donors (Lipinski definition) is 3. The number of nitrogens with one attached hydrogen (secondary N) is 3. The second kappa shape index (κ2) is 12.9. The molecule has 3 N–H and O–H groups in total. The Bertz CT molecular complexity index is 1240. The van der Waals surface area contributed by atoms with E-state index in [1.54, 1.807) is 66.7 Å². The first kappa shape index (κ1) is 26.3. The summed E-state index contributed by atoms with van der Waals surface area (Å²) in [5.41, 5.74) is 0.544. The Balaban J connectivity index is 1.89. The van der Waals surface area contributed by atoms with Crippen molar-refractivity contribution < 1.29 is 28.4 Å². The lowest BCUT2D eigenvalue weighted by Crippen LogP contribution is -2.37. The fourth-order valence-electron chi connectivity index (χ4n) is 2.90. The summed E-state index contributed by atoms with van der Waals surface area (Å²) >= 11 is -1.53. The molecule has 0 aliphatic carbocycles. The van der Waals surface area contributed by atoms with E-state index in [9.17, 15) is 18.9 Å². The van der Waals surface area contributed by atoms with Crippen molar-refractivity contribution in [3.8, 4) is 5.75 Å². The van der Waals surface area contributed by atoms with Crippen LogP contribution in [-0.2, 0) is 25.5 Å². The Kier molecular flexibility index (Phi) is 9.43. The average Bonchev–Trinajstić information content (AvgIpc) is 2.88. The second-order valence-corrected chi connectivity index (χ2v) is 8.65. The van der Waals surface area contributed by atoms with Gasteiger partial charge in [-0.2, -0.15) is 4.99 Å². The molecule has 36 heavy (non-hydrogen) atoms. The molecule has 1 atom stereocenters. The van der Waals surface area contributed by atoms with Crippen LogP contribution in [0.4, 0.5) is 16.2 Å². The molecule has 3 amide bonds. The molecular weight excluding hydrogens is 484 g/mol. The zero-order chi connectivity index (χ0) is 25.9. The van der Waals surface area contributed by atoms with Crippen molar-refractivity contribution >= 4 is 46.4 Å². The topological polar surface area (TPSA) is 141 Å². The van der Waals surface area contributed by atoms with Gasteiger partial charge in [0, 0.05) is 24.2 Å². The molecule has 0 spiro atoms. The van der Waals surface area contributed by atoms with Crippen LogP contribution in [0.5, 0.6) is 5.75 Å². The molecule has 3 aromatic carbocycles. The van der Waals surface area contributed by atoms with Crippen molar-refractivity contribution in [2.24, 2.45) is 4.99 Å². The van der Waals surface area contributed by atoms with E-state index >= 15 is 0 Å². The van der Waals surface area contributed by atoms with Crippen LogP contribution in [0.3, 0.4) is 0 Å². The quantitative estimate of drug-likeness (QED) is 0.252. The fraction of sp³-hybridized carbons (Fsp3) is 0.120. The number of benzene rings is 3. The molecule has 1 unspecified atom stereocenters. The summed E-state index contributed by atoms with van der Waals surface area (Å²) in [5, 5.41) is 7.77. The average molecular weight is 509 g/mol. The zero-order valence-corrected chi connectivity index (χ0v) is 20.3. The minimum atomic E-state index is -1.53. The highest BCUT2D eigenvalue weighted by atomic mass is 32.2. The third-order valence-electron chi connectivity index (χ3n) is 4.47. The van der Waals surface area contributed by atoms with E-state index in [0.717, 1.165) is 7.11 Å². The van der Waals surface area contributed by atoms with E-state index in [1.165, 1.54) is 13.0 Å². The third-order valence-corrected chi connectivity index (χ3v) is 5.86. The maximum atomic E-state index is 13.0. The molecule has 0 bridgehead atoms. The number of nitrogens with zero attached hydrogens (tertiary/aromatic N) is 1. The number of alkyl carbamates (subject to hydrolysis) is 1. The molecule has 0 heterocycles. The number of amides is 3. The Morgan fingerprint density at radius 3 is 2.19 bits per heavy atom. The second-order valence-electron chi connectivity index (χ2n) is 7.17. The lowest BCUT2D eigenvalue weighted by Gasteiger charge is -2.17. The molecule has 0 radical (unpaired) electrons. The molecule has 0 fully saturated rings. The Morgan fingerprint density at radius 1 is 0.889 bits per heavy atom. The molecule has 10 nitrogen and oxygen atoms in total. The number of aliphatic imine (C=N–C) groups is 1. The highest BCUT2D eigenvalue weighted by Gasteiger charge is 2.19. The molecule has 11 heteroatoms. The minimum Gasteiger partial charge on any atom is -0.606 e. The van der Waals surface area contributed by atoms with Gasteiger partial charge in [-0.15, -0.1) is 0 Å². The summed E-state index contributed by atoms with van der Waals surface area (Å²) in [4.78, 5) is 40.9. The smallest absolute Gasteiger partial charge is 0.413 e. The van der Waals surface area contributed by atoms with Gasteiger partial charge in [0.1, 0.15) is 5.75 Å². The van der Waals surface area contributed by atoms with Crippen LogP contribution in [0.2, 0.25) is 0 Å². The van der Waals surface area contributed by atoms with Gasteiger partial charge in [-0.1, -0.05) is 36.4 Å². The van der Waals surface area contributed by atoms with Crippen molar-refractivity contribution in [3.05, 3.63) is 78.9 Å². The maximum absolute atomic E-state index is 13.0. The molecule has 0 aromatic heterocycles. The fourth-order valence-corrected chi connectivity index (χ4v) is 4.00. The zero-order valence-electron chi connectivity index (χ0n) is 19.5. The van der Waals surface area contributed by atoms with Gasteiger partial charge >= 0.3 is 6.09 Å². The highest BCUT2D eigenvalue weighted by molar-refractivity contribution is 7.91. The molecule has 0 saturated carbocycles. The molecule has 0 aliphatic heterocycles. The molecule has 0 saturated heterocycles. The van der Waals surface area contributed by atoms with Crippen molar-refractivity contribution in [2.45, 2.75) is 16.7 Å². The maximum Gasteiger partial charge on any atom is 0.413 e. The van der Waals surface area contributed by atoms with Gasteiger partial charge in [0.25, 0.3) is 5.91 Å². The Morgan fingerprint density at radius 2 is 1.56 bits per heavy atom. The first-order valence-corrected chi connectivity index (χ1v) is 11.8. The number of hydrogen-bond acceptors (Lipinski definition) is 6. The van der Waals surface area contributed by atoms with E-state index in [4.69, 9.17) is 4.74 Å². The first-order valence-electron chi connectivity index (χ1n) is 10.7.